The van der Waals surface area contributed by atoms with Crippen LogP contribution in [0, 0.1) is 0 Å². The van der Waals surface area contributed by atoms with Gasteiger partial charge in [0.05, 0.1) is 17.7 Å². The third kappa shape index (κ3) is 5.17. The van der Waals surface area contributed by atoms with Crippen LogP contribution in [0.2, 0.25) is 0 Å². The Kier molecular flexibility index (Phi) is 7.44. The van der Waals surface area contributed by atoms with Crippen LogP contribution in [0.5, 0.6) is 11.5 Å². The molecule has 0 saturated heterocycles. The van der Waals surface area contributed by atoms with Gasteiger partial charge in [0, 0.05) is 12.2 Å². The highest BCUT2D eigenvalue weighted by molar-refractivity contribution is 9.10. The molecular weight excluding hydrogens is 366 g/mol. The van der Waals surface area contributed by atoms with E-state index in [1.807, 2.05) is 13.0 Å². The fourth-order valence-electron chi connectivity index (χ4n) is 2.39. The molecule has 130 valence electrons. The Morgan fingerprint density at radius 3 is 2.33 bits per heavy atom. The van der Waals surface area contributed by atoms with Gasteiger partial charge >= 0.3 is 0 Å². The average Bonchev–Trinajstić information content (AvgIpc) is 2.60. The van der Waals surface area contributed by atoms with E-state index in [1.165, 1.54) is 5.56 Å². The molecule has 4 heteroatoms. The van der Waals surface area contributed by atoms with Crippen molar-refractivity contribution in [2.75, 3.05) is 18.5 Å². The minimum Gasteiger partial charge on any atom is -0.490 e. The minimum atomic E-state index is 0.615. The summed E-state index contributed by atoms with van der Waals surface area (Å²) in [6, 6.07) is 12.7. The summed E-state index contributed by atoms with van der Waals surface area (Å²) in [5.74, 6) is 1.58. The van der Waals surface area contributed by atoms with Gasteiger partial charge in [-0.1, -0.05) is 26.0 Å². The first kappa shape index (κ1) is 18.7. The van der Waals surface area contributed by atoms with Crippen molar-refractivity contribution < 1.29 is 9.47 Å². The molecule has 1 N–H and O–H groups in total. The Morgan fingerprint density at radius 2 is 1.71 bits per heavy atom. The normalized spacial score (nSPS) is 10.5. The Labute approximate surface area is 153 Å². The molecule has 0 aliphatic heterocycles. The van der Waals surface area contributed by atoms with E-state index in [1.54, 1.807) is 0 Å². The second-order valence-electron chi connectivity index (χ2n) is 5.59. The zero-order chi connectivity index (χ0) is 17.4. The average molecular weight is 392 g/mol. The summed E-state index contributed by atoms with van der Waals surface area (Å²) >= 11 is 3.61. The van der Waals surface area contributed by atoms with E-state index in [0.717, 1.165) is 46.6 Å². The van der Waals surface area contributed by atoms with Crippen LogP contribution in [0.4, 0.5) is 5.69 Å². The van der Waals surface area contributed by atoms with Crippen molar-refractivity contribution in [2.24, 2.45) is 0 Å². The molecule has 2 aromatic rings. The van der Waals surface area contributed by atoms with Crippen molar-refractivity contribution in [3.63, 3.8) is 0 Å². The number of benzene rings is 2. The van der Waals surface area contributed by atoms with Gasteiger partial charge in [0.1, 0.15) is 0 Å². The third-order valence-electron chi connectivity index (χ3n) is 3.68. The zero-order valence-electron chi connectivity index (χ0n) is 14.7. The van der Waals surface area contributed by atoms with Gasteiger partial charge in [-0.25, -0.2) is 0 Å². The lowest BCUT2D eigenvalue weighted by Gasteiger charge is -2.16. The van der Waals surface area contributed by atoms with Crippen LogP contribution in [0.3, 0.4) is 0 Å². The molecule has 0 atom stereocenters. The van der Waals surface area contributed by atoms with Crippen molar-refractivity contribution in [1.82, 2.24) is 0 Å². The summed E-state index contributed by atoms with van der Waals surface area (Å²) in [4.78, 5) is 0. The summed E-state index contributed by atoms with van der Waals surface area (Å²) in [6.45, 7) is 8.27. The van der Waals surface area contributed by atoms with Gasteiger partial charge in [-0.15, -0.1) is 0 Å². The number of hydrogen-bond acceptors (Lipinski definition) is 3. The van der Waals surface area contributed by atoms with Gasteiger partial charge in [0.15, 0.2) is 11.5 Å². The lowest BCUT2D eigenvalue weighted by atomic mass is 10.1. The van der Waals surface area contributed by atoms with Crippen LogP contribution in [0.1, 0.15) is 38.3 Å². The van der Waals surface area contributed by atoms with E-state index in [-0.39, 0.29) is 0 Å². The van der Waals surface area contributed by atoms with Crippen LogP contribution < -0.4 is 14.8 Å². The fourth-order valence-corrected chi connectivity index (χ4v) is 3.00. The van der Waals surface area contributed by atoms with E-state index in [2.05, 4.69) is 65.4 Å². The van der Waals surface area contributed by atoms with Crippen LogP contribution >= 0.6 is 15.9 Å². The molecule has 0 unspecified atom stereocenters. The highest BCUT2D eigenvalue weighted by Gasteiger charge is 2.12. The predicted octanol–water partition coefficient (Wildman–Crippen LogP) is 5.81. The predicted molar refractivity (Wildman–Crippen MR) is 104 cm³/mol. The number of nitrogens with one attached hydrogen (secondary N) is 1. The molecule has 0 spiro atoms. The molecule has 0 aliphatic rings. The fraction of sp³-hybridized carbons (Fsp3) is 0.400. The van der Waals surface area contributed by atoms with Crippen LogP contribution in [-0.2, 0) is 13.0 Å². The van der Waals surface area contributed by atoms with Crippen LogP contribution in [0.15, 0.2) is 40.9 Å². The van der Waals surface area contributed by atoms with Gasteiger partial charge in [0.2, 0.25) is 0 Å². The lowest BCUT2D eigenvalue weighted by molar-refractivity contribution is 0.275. The first-order valence-electron chi connectivity index (χ1n) is 8.58. The van der Waals surface area contributed by atoms with Crippen molar-refractivity contribution in [2.45, 2.75) is 40.2 Å². The molecule has 0 fully saturated rings. The maximum atomic E-state index is 5.82. The Bertz CT molecular complexity index is 641. The molecule has 0 aliphatic carbocycles. The largest absolute Gasteiger partial charge is 0.490 e. The zero-order valence-corrected chi connectivity index (χ0v) is 16.3. The quantitative estimate of drug-likeness (QED) is 0.584. The number of anilines is 1. The van der Waals surface area contributed by atoms with Crippen molar-refractivity contribution in [3.8, 4) is 11.5 Å². The molecule has 0 amide bonds. The van der Waals surface area contributed by atoms with Crippen molar-refractivity contribution >= 4 is 21.6 Å². The molecule has 0 bridgehead atoms. The molecule has 0 radical (unpaired) electrons. The standard InChI is InChI=1S/C20H26BrNO2/c1-4-11-24-20-18(21)12-16(13-19(20)23-6-3)14-22-17-9-7-15(5-2)8-10-17/h7-10,12-13,22H,4-6,11,14H2,1-3H3. The Balaban J connectivity index is 2.11. The number of rotatable bonds is 9. The van der Waals surface area contributed by atoms with Crippen LogP contribution in [0.25, 0.3) is 0 Å². The van der Waals surface area contributed by atoms with E-state index in [4.69, 9.17) is 9.47 Å². The number of aryl methyl sites for hydroxylation is 1. The maximum Gasteiger partial charge on any atom is 0.175 e. The van der Waals surface area contributed by atoms with Crippen molar-refractivity contribution in [1.29, 1.82) is 0 Å². The molecule has 0 heterocycles. The molecule has 0 saturated carbocycles. The number of hydrogen-bond donors (Lipinski definition) is 1. The molecule has 0 aromatic heterocycles. The summed E-state index contributed by atoms with van der Waals surface area (Å²) in [5, 5.41) is 3.45. The van der Waals surface area contributed by atoms with Crippen molar-refractivity contribution in [3.05, 3.63) is 52.0 Å². The molecule has 2 aromatic carbocycles. The lowest BCUT2D eigenvalue weighted by Crippen LogP contribution is -2.04. The summed E-state index contributed by atoms with van der Waals surface area (Å²) < 4.78 is 12.5. The summed E-state index contributed by atoms with van der Waals surface area (Å²) in [6.07, 6.45) is 2.03. The Morgan fingerprint density at radius 1 is 0.958 bits per heavy atom. The van der Waals surface area contributed by atoms with E-state index >= 15 is 0 Å². The smallest absolute Gasteiger partial charge is 0.175 e. The Hall–Kier alpha value is -1.68. The van der Waals surface area contributed by atoms with Crippen LogP contribution in [-0.4, -0.2) is 13.2 Å². The first-order valence-corrected chi connectivity index (χ1v) is 9.38. The molecule has 2 rings (SSSR count). The second kappa shape index (κ2) is 9.58. The highest BCUT2D eigenvalue weighted by atomic mass is 79.9. The van der Waals surface area contributed by atoms with E-state index < -0.39 is 0 Å². The van der Waals surface area contributed by atoms with Gasteiger partial charge in [0.25, 0.3) is 0 Å². The minimum absolute atomic E-state index is 0.615. The SMILES string of the molecule is CCCOc1c(Br)cc(CNc2ccc(CC)cc2)cc1OCC. The number of halogens is 1. The monoisotopic (exact) mass is 391 g/mol. The van der Waals surface area contributed by atoms with Gasteiger partial charge in [-0.3, -0.25) is 0 Å². The summed E-state index contributed by atoms with van der Waals surface area (Å²) in [5.41, 5.74) is 3.61. The first-order chi connectivity index (χ1) is 11.7. The maximum absolute atomic E-state index is 5.82. The third-order valence-corrected chi connectivity index (χ3v) is 4.27. The van der Waals surface area contributed by atoms with Gasteiger partial charge in [-0.05, 0) is 71.1 Å². The molecule has 3 nitrogen and oxygen atoms in total. The summed E-state index contributed by atoms with van der Waals surface area (Å²) in [7, 11) is 0. The molecule has 24 heavy (non-hydrogen) atoms. The molecular formula is C20H26BrNO2. The number of ether oxygens (including phenoxy) is 2. The van der Waals surface area contributed by atoms with Gasteiger partial charge < -0.3 is 14.8 Å². The van der Waals surface area contributed by atoms with Gasteiger partial charge in [-0.2, -0.15) is 0 Å². The van der Waals surface area contributed by atoms with E-state index in [9.17, 15) is 0 Å². The highest BCUT2D eigenvalue weighted by Crippen LogP contribution is 2.37. The van der Waals surface area contributed by atoms with E-state index in [0.29, 0.717) is 13.2 Å². The second-order valence-corrected chi connectivity index (χ2v) is 6.44. The topological polar surface area (TPSA) is 30.5 Å².